The molecule has 0 amide bonds. The topological polar surface area (TPSA) is 71.8 Å². The van der Waals surface area contributed by atoms with Gasteiger partial charge in [0.05, 0.1) is 17.5 Å². The second-order valence-corrected chi connectivity index (χ2v) is 8.60. The molecular weight excluding hydrogens is 398 g/mol. The van der Waals surface area contributed by atoms with Crippen LogP contribution in [0.25, 0.3) is 26.4 Å². The highest BCUT2D eigenvalue weighted by Gasteiger charge is 2.27. The quantitative estimate of drug-likeness (QED) is 0.452. The van der Waals surface area contributed by atoms with Gasteiger partial charge in [-0.1, -0.05) is 48.4 Å². The van der Waals surface area contributed by atoms with Crippen LogP contribution in [0.5, 0.6) is 0 Å². The van der Waals surface area contributed by atoms with Crippen LogP contribution < -0.4 is 0 Å². The number of rotatable bonds is 2. The summed E-state index contributed by atoms with van der Waals surface area (Å²) in [5, 5.41) is 19.1. The molecule has 28 heavy (non-hydrogen) atoms. The van der Waals surface area contributed by atoms with Gasteiger partial charge in [-0.3, -0.25) is 4.68 Å². The maximum atomic E-state index is 14.8. The van der Waals surface area contributed by atoms with Gasteiger partial charge in [0.2, 0.25) is 4.96 Å². The number of halogens is 2. The second-order valence-electron chi connectivity index (χ2n) is 7.27. The molecule has 0 saturated carbocycles. The molecule has 140 valence electrons. The maximum Gasteiger partial charge on any atom is 0.267 e. The summed E-state index contributed by atoms with van der Waals surface area (Å²) in [4.78, 5) is 5.45. The maximum absolute atomic E-state index is 14.8. The fraction of sp³-hybridized carbons (Fsp3) is 0.333. The first-order chi connectivity index (χ1) is 13.5. The Bertz CT molecular complexity index is 1220. The molecule has 6 nitrogen and oxygen atoms in total. The minimum absolute atomic E-state index is 0.0101. The Kier molecular flexibility index (Phi) is 4.14. The van der Waals surface area contributed by atoms with Crippen LogP contribution in [0, 0.1) is 17.0 Å². The van der Waals surface area contributed by atoms with Crippen molar-refractivity contribution in [1.29, 1.82) is 5.26 Å². The summed E-state index contributed by atoms with van der Waals surface area (Å²) >= 11 is 7.54. The van der Waals surface area contributed by atoms with E-state index in [2.05, 4.69) is 16.2 Å². The Morgan fingerprint density at radius 2 is 2.11 bits per heavy atom. The van der Waals surface area contributed by atoms with Crippen molar-refractivity contribution >= 4 is 45.5 Å². The summed E-state index contributed by atoms with van der Waals surface area (Å²) < 4.78 is 18.2. The van der Waals surface area contributed by atoms with Gasteiger partial charge in [0, 0.05) is 30.5 Å². The van der Waals surface area contributed by atoms with E-state index in [1.807, 2.05) is 6.20 Å². The molecule has 1 aromatic carbocycles. The van der Waals surface area contributed by atoms with Gasteiger partial charge in [0.15, 0.2) is 10.8 Å². The molecule has 0 atom stereocenters. The molecule has 4 aromatic rings. The highest BCUT2D eigenvalue weighted by Crippen LogP contribution is 2.37. The highest BCUT2D eigenvalue weighted by atomic mass is 35.5. The number of imidazole rings is 1. The number of fused-ring (bicyclic) bond motifs is 2. The van der Waals surface area contributed by atoms with Crippen LogP contribution in [0.3, 0.4) is 0 Å². The van der Waals surface area contributed by atoms with Crippen LogP contribution in [0.4, 0.5) is 4.39 Å². The molecule has 0 bridgehead atoms. The predicted molar refractivity (Wildman–Crippen MR) is 108 cm³/mol. The lowest BCUT2D eigenvalue weighted by Crippen LogP contribution is -2.19. The van der Waals surface area contributed by atoms with Gasteiger partial charge in [0.1, 0.15) is 10.5 Å². The Labute approximate surface area is 169 Å². The van der Waals surface area contributed by atoms with Crippen LogP contribution in [0.15, 0.2) is 18.5 Å². The Balaban J connectivity index is 1.50. The summed E-state index contributed by atoms with van der Waals surface area (Å²) in [6.45, 7) is 0.167. The van der Waals surface area contributed by atoms with Crippen molar-refractivity contribution in [3.05, 3.63) is 35.0 Å². The van der Waals surface area contributed by atoms with Crippen LogP contribution in [-0.4, -0.2) is 31.1 Å². The van der Waals surface area contributed by atoms with Gasteiger partial charge in [-0.2, -0.15) is 10.2 Å². The Morgan fingerprint density at radius 1 is 1.32 bits per heavy atom. The zero-order valence-corrected chi connectivity index (χ0v) is 16.6. The Morgan fingerprint density at radius 3 is 2.82 bits per heavy atom. The van der Waals surface area contributed by atoms with Crippen molar-refractivity contribution in [2.24, 2.45) is 7.05 Å². The molecule has 0 unspecified atom stereocenters. The van der Waals surface area contributed by atoms with Gasteiger partial charge in [-0.15, -0.1) is 0 Å². The molecule has 0 N–H and O–H groups in total. The minimum atomic E-state index is -0.514. The standard InChI is InChI=1S/C18H15BClFN6S/c1-26-7-11-6-12(15(21)14(20)16(11)24-26)17-25-27-8-13(23-18(27)28-17)10-2-4-19(9-22)5-3-10/h6-8,10H,2-5H2,1H3. The van der Waals surface area contributed by atoms with E-state index in [9.17, 15) is 4.39 Å². The molecule has 0 spiro atoms. The van der Waals surface area contributed by atoms with E-state index in [1.54, 1.807) is 28.5 Å². The molecule has 10 heteroatoms. The molecule has 4 heterocycles. The van der Waals surface area contributed by atoms with Crippen LogP contribution in [-0.2, 0) is 7.05 Å². The largest absolute Gasteiger partial charge is 0.275 e. The van der Waals surface area contributed by atoms with Gasteiger partial charge in [0.25, 0.3) is 6.71 Å². The van der Waals surface area contributed by atoms with Gasteiger partial charge in [-0.05, 0) is 6.07 Å². The van der Waals surface area contributed by atoms with E-state index in [-0.39, 0.29) is 11.7 Å². The Hall–Kier alpha value is -2.44. The number of hydrogen-bond donors (Lipinski definition) is 0. The molecule has 1 aliphatic rings. The van der Waals surface area contributed by atoms with E-state index in [1.165, 1.54) is 11.3 Å². The first-order valence-electron chi connectivity index (χ1n) is 9.11. The normalized spacial score (nSPS) is 15.6. The zero-order valence-electron chi connectivity index (χ0n) is 15.1. The number of aryl methyl sites for hydroxylation is 1. The first kappa shape index (κ1) is 17.6. The lowest BCUT2D eigenvalue weighted by Gasteiger charge is -2.21. The average Bonchev–Trinajstić information content (AvgIpc) is 3.37. The smallest absolute Gasteiger partial charge is 0.267 e. The van der Waals surface area contributed by atoms with Crippen molar-refractivity contribution < 1.29 is 4.39 Å². The summed E-state index contributed by atoms with van der Waals surface area (Å²) in [7, 11) is 1.77. The summed E-state index contributed by atoms with van der Waals surface area (Å²) in [5.74, 6) is 2.21. The van der Waals surface area contributed by atoms with Crippen molar-refractivity contribution in [1.82, 2.24) is 24.4 Å². The van der Waals surface area contributed by atoms with Crippen LogP contribution in [0.2, 0.25) is 17.7 Å². The van der Waals surface area contributed by atoms with Gasteiger partial charge in [-0.25, -0.2) is 19.2 Å². The number of nitrogens with zero attached hydrogens (tertiary/aromatic N) is 6. The average molecular weight is 413 g/mol. The molecule has 3 aromatic heterocycles. The van der Waals surface area contributed by atoms with Gasteiger partial charge >= 0.3 is 0 Å². The van der Waals surface area contributed by atoms with Crippen molar-refractivity contribution in [3.63, 3.8) is 0 Å². The molecular formula is C18H15BClFN6S. The molecule has 5 rings (SSSR count). The minimum Gasteiger partial charge on any atom is -0.275 e. The molecule has 0 aliphatic carbocycles. The third kappa shape index (κ3) is 2.79. The van der Waals surface area contributed by atoms with E-state index in [0.29, 0.717) is 22.0 Å². The van der Waals surface area contributed by atoms with E-state index in [4.69, 9.17) is 21.8 Å². The first-order valence-corrected chi connectivity index (χ1v) is 10.3. The lowest BCUT2D eigenvalue weighted by atomic mass is 9.41. The molecule has 1 fully saturated rings. The second kappa shape index (κ2) is 6.57. The van der Waals surface area contributed by atoms with Crippen molar-refractivity contribution in [3.8, 4) is 16.5 Å². The van der Waals surface area contributed by atoms with Crippen LogP contribution in [0.1, 0.15) is 24.5 Å². The fourth-order valence-electron chi connectivity index (χ4n) is 3.92. The zero-order chi connectivity index (χ0) is 19.4. The van der Waals surface area contributed by atoms with Gasteiger partial charge < -0.3 is 0 Å². The highest BCUT2D eigenvalue weighted by molar-refractivity contribution is 7.19. The summed E-state index contributed by atoms with van der Waals surface area (Å²) in [6, 6.07) is 1.73. The van der Waals surface area contributed by atoms with Crippen molar-refractivity contribution in [2.75, 3.05) is 0 Å². The van der Waals surface area contributed by atoms with Crippen LogP contribution >= 0.6 is 22.9 Å². The predicted octanol–water partition coefficient (Wildman–Crippen LogP) is 4.57. The number of benzene rings is 1. The molecule has 0 radical (unpaired) electrons. The van der Waals surface area contributed by atoms with E-state index in [0.717, 1.165) is 41.5 Å². The lowest BCUT2D eigenvalue weighted by molar-refractivity contribution is 0.598. The number of aromatic nitrogens is 5. The number of nitriles is 1. The summed E-state index contributed by atoms with van der Waals surface area (Å²) in [5.41, 5.74) is 1.81. The SMILES string of the molecule is Cn1cc2cc(-c3nn4cc(C5CCB(C#N)CC5)nc4s3)c(F)c(Cl)c2n1. The fourth-order valence-corrected chi connectivity index (χ4v) is 5.07. The number of hydrogen-bond acceptors (Lipinski definition) is 5. The monoisotopic (exact) mass is 412 g/mol. The third-order valence-electron chi connectivity index (χ3n) is 5.41. The third-order valence-corrected chi connectivity index (χ3v) is 6.72. The van der Waals surface area contributed by atoms with E-state index < -0.39 is 5.82 Å². The molecule has 1 aliphatic heterocycles. The van der Waals surface area contributed by atoms with E-state index >= 15 is 0 Å². The van der Waals surface area contributed by atoms with Crippen molar-refractivity contribution in [2.45, 2.75) is 31.4 Å². The molecule has 1 saturated heterocycles. The summed E-state index contributed by atoms with van der Waals surface area (Å²) in [6.07, 6.45) is 7.50.